The second kappa shape index (κ2) is 13.8. The fraction of sp³-hybridized carbons (Fsp3) is 0.355. The Bertz CT molecular complexity index is 1530. The number of carboxylic acid groups (broad SMARTS) is 1. The number of alkyl carbamates (subject to hydrolysis) is 1. The van der Waals surface area contributed by atoms with Gasteiger partial charge in [-0.05, 0) is 59.6 Å². The van der Waals surface area contributed by atoms with Crippen molar-refractivity contribution in [3.63, 3.8) is 0 Å². The topological polar surface area (TPSA) is 156 Å². The number of carboxylic acids is 1. The van der Waals surface area contributed by atoms with Crippen LogP contribution in [-0.2, 0) is 19.6 Å². The first-order valence-corrected chi connectivity index (χ1v) is 15.5. The van der Waals surface area contributed by atoms with E-state index in [-0.39, 0.29) is 48.5 Å². The SMILES string of the molecule is CC(C)CN([C@@H](CCCCNC(=O)OCC1c2ccccc2-c2ccccc21)C(=O)O)S(=O)(=O)c1ccc([N+](=O)[O-])cc1. The van der Waals surface area contributed by atoms with Gasteiger partial charge < -0.3 is 15.2 Å². The summed E-state index contributed by atoms with van der Waals surface area (Å²) in [6, 6.07) is 19.1. The molecule has 228 valence electrons. The molecule has 0 aliphatic heterocycles. The van der Waals surface area contributed by atoms with Crippen LogP contribution in [0.4, 0.5) is 10.5 Å². The highest BCUT2D eigenvalue weighted by Crippen LogP contribution is 2.44. The smallest absolute Gasteiger partial charge is 0.407 e. The van der Waals surface area contributed by atoms with Crippen molar-refractivity contribution in [3.8, 4) is 11.1 Å². The first kappa shape index (κ1) is 31.6. The van der Waals surface area contributed by atoms with E-state index < -0.39 is 33.1 Å². The standard InChI is InChI=1S/C31H35N3O8S/c1-21(2)19-33(43(40,41)23-16-14-22(15-17-23)34(38)39)29(30(35)36)13-7-8-18-32-31(37)42-20-28-26-11-5-3-9-24(26)25-10-4-6-12-27(25)28/h3-6,9-12,14-17,21,28-29H,7-8,13,18-20H2,1-2H3,(H,32,37)(H,35,36)/t29-/m0/s1. The number of benzene rings is 3. The summed E-state index contributed by atoms with van der Waals surface area (Å²) in [5.41, 5.74) is 4.19. The highest BCUT2D eigenvalue weighted by Gasteiger charge is 2.36. The Kier molecular flexibility index (Phi) is 10.1. The summed E-state index contributed by atoms with van der Waals surface area (Å²) in [5, 5.41) is 23.6. The molecule has 0 fully saturated rings. The number of hydrogen-bond donors (Lipinski definition) is 2. The summed E-state index contributed by atoms with van der Waals surface area (Å²) in [5.74, 6) is -1.54. The van der Waals surface area contributed by atoms with Crippen molar-refractivity contribution in [3.05, 3.63) is 94.0 Å². The fourth-order valence-electron chi connectivity index (χ4n) is 5.32. The van der Waals surface area contributed by atoms with Gasteiger partial charge in [0.2, 0.25) is 10.0 Å². The zero-order chi connectivity index (χ0) is 31.1. The van der Waals surface area contributed by atoms with Gasteiger partial charge in [0.1, 0.15) is 12.6 Å². The molecule has 1 aliphatic carbocycles. The number of amides is 1. The Morgan fingerprint density at radius 1 is 0.977 bits per heavy atom. The van der Waals surface area contributed by atoms with E-state index in [0.717, 1.165) is 50.8 Å². The first-order valence-electron chi connectivity index (χ1n) is 14.1. The number of aliphatic carboxylic acids is 1. The number of carbonyl (C=O) groups excluding carboxylic acids is 1. The summed E-state index contributed by atoms with van der Waals surface area (Å²) >= 11 is 0. The van der Waals surface area contributed by atoms with Crippen LogP contribution < -0.4 is 5.32 Å². The molecule has 2 N–H and O–H groups in total. The quantitative estimate of drug-likeness (QED) is 0.140. The number of hydrogen-bond acceptors (Lipinski definition) is 7. The monoisotopic (exact) mass is 609 g/mol. The van der Waals surface area contributed by atoms with Crippen LogP contribution in [0.1, 0.15) is 50.2 Å². The van der Waals surface area contributed by atoms with Crippen LogP contribution in [-0.4, -0.2) is 60.6 Å². The minimum atomic E-state index is -4.26. The minimum absolute atomic E-state index is 0.0145. The molecule has 12 heteroatoms. The summed E-state index contributed by atoms with van der Waals surface area (Å²) in [4.78, 5) is 34.8. The lowest BCUT2D eigenvalue weighted by atomic mass is 9.98. The highest BCUT2D eigenvalue weighted by molar-refractivity contribution is 7.89. The number of fused-ring (bicyclic) bond motifs is 3. The fourth-order valence-corrected chi connectivity index (χ4v) is 7.10. The van der Waals surface area contributed by atoms with E-state index in [1.807, 2.05) is 36.4 Å². The number of unbranched alkanes of at least 4 members (excludes halogenated alkanes) is 1. The van der Waals surface area contributed by atoms with E-state index in [0.29, 0.717) is 12.8 Å². The van der Waals surface area contributed by atoms with Gasteiger partial charge in [-0.3, -0.25) is 14.9 Å². The van der Waals surface area contributed by atoms with E-state index >= 15 is 0 Å². The van der Waals surface area contributed by atoms with Crippen LogP contribution in [0.5, 0.6) is 0 Å². The maximum Gasteiger partial charge on any atom is 0.407 e. The maximum atomic E-state index is 13.4. The van der Waals surface area contributed by atoms with Crippen LogP contribution in [0, 0.1) is 16.0 Å². The molecule has 0 saturated carbocycles. The van der Waals surface area contributed by atoms with Gasteiger partial charge in [0.25, 0.3) is 5.69 Å². The Labute approximate surface area is 250 Å². The van der Waals surface area contributed by atoms with Crippen molar-refractivity contribution >= 4 is 27.8 Å². The number of nitro groups is 1. The summed E-state index contributed by atoms with van der Waals surface area (Å²) in [6.07, 6.45) is 0.158. The van der Waals surface area contributed by atoms with Gasteiger partial charge in [-0.2, -0.15) is 4.31 Å². The lowest BCUT2D eigenvalue weighted by molar-refractivity contribution is -0.384. The van der Waals surface area contributed by atoms with Gasteiger partial charge in [0.05, 0.1) is 9.82 Å². The van der Waals surface area contributed by atoms with E-state index in [1.165, 1.54) is 0 Å². The summed E-state index contributed by atoms with van der Waals surface area (Å²) in [7, 11) is -4.26. The van der Waals surface area contributed by atoms with Crippen LogP contribution in [0.15, 0.2) is 77.7 Å². The molecule has 0 spiro atoms. The molecular weight excluding hydrogens is 574 g/mol. The van der Waals surface area contributed by atoms with Gasteiger partial charge in [0, 0.05) is 31.1 Å². The second-order valence-corrected chi connectivity index (χ2v) is 12.7. The van der Waals surface area contributed by atoms with Crippen LogP contribution in [0.3, 0.4) is 0 Å². The molecule has 0 bridgehead atoms. The Balaban J connectivity index is 1.31. The molecule has 0 heterocycles. The van der Waals surface area contributed by atoms with Gasteiger partial charge in [-0.25, -0.2) is 13.2 Å². The molecule has 4 rings (SSSR count). The van der Waals surface area contributed by atoms with Crippen molar-refractivity contribution in [1.29, 1.82) is 0 Å². The van der Waals surface area contributed by atoms with Crippen molar-refractivity contribution in [2.24, 2.45) is 5.92 Å². The van der Waals surface area contributed by atoms with Gasteiger partial charge in [0.15, 0.2) is 0 Å². The van der Waals surface area contributed by atoms with Crippen LogP contribution in [0.25, 0.3) is 11.1 Å². The number of nitro benzene ring substituents is 1. The summed E-state index contributed by atoms with van der Waals surface area (Å²) < 4.78 is 33.3. The van der Waals surface area contributed by atoms with E-state index in [9.17, 15) is 33.2 Å². The lowest BCUT2D eigenvalue weighted by Gasteiger charge is -2.29. The molecule has 1 amide bonds. The molecule has 0 radical (unpaired) electrons. The molecule has 0 unspecified atom stereocenters. The number of non-ortho nitro benzene ring substituents is 1. The van der Waals surface area contributed by atoms with E-state index in [1.54, 1.807) is 13.8 Å². The first-order chi connectivity index (χ1) is 20.5. The molecule has 3 aromatic rings. The molecule has 3 aromatic carbocycles. The number of sulfonamides is 1. The molecule has 0 aromatic heterocycles. The van der Waals surface area contributed by atoms with E-state index in [4.69, 9.17) is 4.74 Å². The van der Waals surface area contributed by atoms with Crippen molar-refractivity contribution in [1.82, 2.24) is 9.62 Å². The van der Waals surface area contributed by atoms with Gasteiger partial charge >= 0.3 is 12.1 Å². The minimum Gasteiger partial charge on any atom is -0.480 e. The lowest BCUT2D eigenvalue weighted by Crippen LogP contribution is -2.46. The summed E-state index contributed by atoms with van der Waals surface area (Å²) in [6.45, 7) is 3.90. The molecule has 43 heavy (non-hydrogen) atoms. The zero-order valence-electron chi connectivity index (χ0n) is 24.0. The van der Waals surface area contributed by atoms with Crippen molar-refractivity contribution < 1.29 is 32.8 Å². The Morgan fingerprint density at radius 3 is 2.09 bits per heavy atom. The molecule has 1 atom stereocenters. The molecule has 11 nitrogen and oxygen atoms in total. The van der Waals surface area contributed by atoms with Crippen molar-refractivity contribution in [2.75, 3.05) is 19.7 Å². The van der Waals surface area contributed by atoms with E-state index in [2.05, 4.69) is 17.4 Å². The zero-order valence-corrected chi connectivity index (χ0v) is 24.8. The predicted molar refractivity (Wildman–Crippen MR) is 160 cm³/mol. The highest BCUT2D eigenvalue weighted by atomic mass is 32.2. The number of carbonyl (C=O) groups is 2. The van der Waals surface area contributed by atoms with Gasteiger partial charge in [-0.15, -0.1) is 0 Å². The number of nitrogens with one attached hydrogen (secondary N) is 1. The largest absolute Gasteiger partial charge is 0.480 e. The van der Waals surface area contributed by atoms with Crippen LogP contribution in [0.2, 0.25) is 0 Å². The third-order valence-electron chi connectivity index (χ3n) is 7.35. The predicted octanol–water partition coefficient (Wildman–Crippen LogP) is 5.40. The third kappa shape index (κ3) is 7.38. The average Bonchev–Trinajstić information content (AvgIpc) is 3.30. The average molecular weight is 610 g/mol. The maximum absolute atomic E-state index is 13.4. The molecular formula is C31H35N3O8S. The van der Waals surface area contributed by atoms with Crippen molar-refractivity contribution in [2.45, 2.75) is 50.0 Å². The number of rotatable bonds is 14. The number of ether oxygens (including phenoxy) is 1. The molecule has 0 saturated heterocycles. The second-order valence-electron chi connectivity index (χ2n) is 10.8. The number of nitrogens with zero attached hydrogens (tertiary/aromatic N) is 2. The Morgan fingerprint density at radius 2 is 1.56 bits per heavy atom. The molecule has 1 aliphatic rings. The van der Waals surface area contributed by atoms with Crippen LogP contribution >= 0.6 is 0 Å². The Hall–Kier alpha value is -4.29. The van der Waals surface area contributed by atoms with Gasteiger partial charge in [-0.1, -0.05) is 62.4 Å². The normalized spacial score (nSPS) is 13.4. The third-order valence-corrected chi connectivity index (χ3v) is 9.24.